The van der Waals surface area contributed by atoms with Gasteiger partial charge in [0.05, 0.1) is 12.0 Å². The number of nitrogens with zero attached hydrogens (tertiary/aromatic N) is 1. The summed E-state index contributed by atoms with van der Waals surface area (Å²) in [5.74, 6) is -0.805. The fourth-order valence-electron chi connectivity index (χ4n) is 2.76. The number of carbonyl (C=O) groups excluding carboxylic acids is 1. The zero-order chi connectivity index (χ0) is 19.4. The summed E-state index contributed by atoms with van der Waals surface area (Å²) in [5.41, 5.74) is 1.61. The lowest BCUT2D eigenvalue weighted by Gasteiger charge is -2.23. The van der Waals surface area contributed by atoms with Crippen molar-refractivity contribution in [2.24, 2.45) is 0 Å². The zero-order valence-electron chi connectivity index (χ0n) is 14.5. The Balaban J connectivity index is 1.87. The number of benzene rings is 2. The van der Waals surface area contributed by atoms with E-state index in [0.717, 1.165) is 22.9 Å². The molecule has 1 atom stereocenters. The Morgan fingerprint density at radius 3 is 2.67 bits per heavy atom. The second-order valence-corrected chi connectivity index (χ2v) is 7.55. The molecule has 0 bridgehead atoms. The molecule has 0 aliphatic carbocycles. The van der Waals surface area contributed by atoms with Crippen LogP contribution in [-0.2, 0) is 16.0 Å². The first-order chi connectivity index (χ1) is 13.0. The quantitative estimate of drug-likeness (QED) is 0.591. The first-order valence-electron chi connectivity index (χ1n) is 8.17. The molecule has 0 spiro atoms. The Morgan fingerprint density at radius 2 is 2.00 bits per heavy atom. The molecule has 1 saturated heterocycles. The second-order valence-electron chi connectivity index (χ2n) is 5.87. The molecular weight excluding hydrogens is 382 g/mol. The number of aliphatic carboxylic acids is 1. The minimum Gasteiger partial charge on any atom is -0.497 e. The molecule has 138 valence electrons. The van der Waals surface area contributed by atoms with Crippen LogP contribution in [0.25, 0.3) is 6.08 Å². The fraction of sp³-hybridized carbons (Fsp3) is 0.150. The lowest BCUT2D eigenvalue weighted by atomic mass is 10.0. The molecule has 1 amide bonds. The highest BCUT2D eigenvalue weighted by Crippen LogP contribution is 2.35. The molecule has 27 heavy (non-hydrogen) atoms. The van der Waals surface area contributed by atoms with Gasteiger partial charge in [-0.3, -0.25) is 9.69 Å². The highest BCUT2D eigenvalue weighted by atomic mass is 32.2. The Hall–Kier alpha value is -2.64. The molecule has 1 heterocycles. The van der Waals surface area contributed by atoms with Gasteiger partial charge in [0, 0.05) is 6.42 Å². The molecule has 1 fully saturated rings. The molecule has 0 saturated carbocycles. The van der Waals surface area contributed by atoms with Gasteiger partial charge in [0.1, 0.15) is 16.1 Å². The standard InChI is InChI=1S/C20H17NO4S2/c1-25-15-9-5-8-14(10-15)12-17-18(22)21(20(26)27-17)16(19(23)24)11-13-6-3-2-4-7-13/h2-10,12,16H,11H2,1H3,(H,23,24)/b17-12-/t16-/m1/s1. The molecule has 1 aliphatic heterocycles. The lowest BCUT2D eigenvalue weighted by Crippen LogP contribution is -2.45. The van der Waals surface area contributed by atoms with Gasteiger partial charge in [0.2, 0.25) is 0 Å². The van der Waals surface area contributed by atoms with E-state index in [0.29, 0.717) is 10.7 Å². The predicted molar refractivity (Wildman–Crippen MR) is 110 cm³/mol. The summed E-state index contributed by atoms with van der Waals surface area (Å²) in [5, 5.41) is 9.68. The largest absolute Gasteiger partial charge is 0.497 e. The molecule has 5 nitrogen and oxygen atoms in total. The van der Waals surface area contributed by atoms with Crippen molar-refractivity contribution in [1.29, 1.82) is 0 Å². The van der Waals surface area contributed by atoms with Crippen LogP contribution in [-0.4, -0.2) is 39.4 Å². The molecule has 2 aromatic carbocycles. The first kappa shape index (κ1) is 19.1. The maximum atomic E-state index is 12.9. The Kier molecular flexibility index (Phi) is 5.93. The maximum Gasteiger partial charge on any atom is 0.327 e. The third-order valence-corrected chi connectivity index (χ3v) is 5.41. The first-order valence-corrected chi connectivity index (χ1v) is 9.40. The molecule has 7 heteroatoms. The van der Waals surface area contributed by atoms with Gasteiger partial charge in [-0.25, -0.2) is 4.79 Å². The Morgan fingerprint density at radius 1 is 1.26 bits per heavy atom. The van der Waals surface area contributed by atoms with Crippen molar-refractivity contribution >= 4 is 46.3 Å². The number of rotatable bonds is 6. The molecule has 2 aromatic rings. The number of thiocarbonyl (C=S) groups is 1. The van der Waals surface area contributed by atoms with E-state index in [9.17, 15) is 14.7 Å². The number of hydrogen-bond donors (Lipinski definition) is 1. The van der Waals surface area contributed by atoms with Crippen LogP contribution in [0.2, 0.25) is 0 Å². The average Bonchev–Trinajstić information content (AvgIpc) is 2.94. The van der Waals surface area contributed by atoms with Crippen molar-refractivity contribution in [1.82, 2.24) is 4.90 Å². The minimum absolute atomic E-state index is 0.190. The molecule has 1 aliphatic rings. The fourth-order valence-corrected chi connectivity index (χ4v) is 4.11. The van der Waals surface area contributed by atoms with E-state index in [-0.39, 0.29) is 10.7 Å². The summed E-state index contributed by atoms with van der Waals surface area (Å²) in [6.45, 7) is 0. The number of methoxy groups -OCH3 is 1. The van der Waals surface area contributed by atoms with Crippen LogP contribution in [0.1, 0.15) is 11.1 Å². The summed E-state index contributed by atoms with van der Waals surface area (Å²) in [6.07, 6.45) is 1.89. The molecule has 0 unspecified atom stereocenters. The smallest absolute Gasteiger partial charge is 0.327 e. The third kappa shape index (κ3) is 4.37. The van der Waals surface area contributed by atoms with Gasteiger partial charge in [-0.1, -0.05) is 66.4 Å². The second kappa shape index (κ2) is 8.37. The van der Waals surface area contributed by atoms with E-state index >= 15 is 0 Å². The summed E-state index contributed by atoms with van der Waals surface area (Å²) in [4.78, 5) is 26.3. The van der Waals surface area contributed by atoms with Crippen LogP contribution in [0, 0.1) is 0 Å². The number of hydrogen-bond acceptors (Lipinski definition) is 5. The van der Waals surface area contributed by atoms with E-state index in [4.69, 9.17) is 17.0 Å². The lowest BCUT2D eigenvalue weighted by molar-refractivity contribution is -0.145. The van der Waals surface area contributed by atoms with Gasteiger partial charge in [-0.05, 0) is 29.3 Å². The summed E-state index contributed by atoms with van der Waals surface area (Å²) >= 11 is 6.42. The van der Waals surface area contributed by atoms with Crippen LogP contribution in [0.3, 0.4) is 0 Å². The van der Waals surface area contributed by atoms with Gasteiger partial charge < -0.3 is 9.84 Å². The SMILES string of the molecule is COc1cccc(/C=C2\SC(=S)N([C@H](Cc3ccccc3)C(=O)O)C2=O)c1. The number of carbonyl (C=O) groups is 2. The Labute approximate surface area is 166 Å². The monoisotopic (exact) mass is 399 g/mol. The summed E-state index contributed by atoms with van der Waals surface area (Å²) in [6, 6.07) is 15.4. The zero-order valence-corrected chi connectivity index (χ0v) is 16.1. The van der Waals surface area contributed by atoms with E-state index < -0.39 is 17.9 Å². The van der Waals surface area contributed by atoms with Gasteiger partial charge in [-0.15, -0.1) is 0 Å². The van der Waals surface area contributed by atoms with E-state index in [1.165, 1.54) is 4.90 Å². The molecular formula is C20H17NO4S2. The van der Waals surface area contributed by atoms with Crippen molar-refractivity contribution in [2.45, 2.75) is 12.5 Å². The van der Waals surface area contributed by atoms with Gasteiger partial charge in [-0.2, -0.15) is 0 Å². The minimum atomic E-state index is -1.09. The van der Waals surface area contributed by atoms with Crippen molar-refractivity contribution in [2.75, 3.05) is 7.11 Å². The number of thioether (sulfide) groups is 1. The van der Waals surface area contributed by atoms with Crippen LogP contribution < -0.4 is 4.74 Å². The molecule has 3 rings (SSSR count). The average molecular weight is 399 g/mol. The molecule has 0 aromatic heterocycles. The van der Waals surface area contributed by atoms with E-state index in [1.807, 2.05) is 48.5 Å². The number of amides is 1. The van der Waals surface area contributed by atoms with Crippen molar-refractivity contribution in [3.05, 3.63) is 70.6 Å². The van der Waals surface area contributed by atoms with Crippen LogP contribution in [0.15, 0.2) is 59.5 Å². The van der Waals surface area contributed by atoms with Crippen LogP contribution >= 0.6 is 24.0 Å². The third-order valence-electron chi connectivity index (χ3n) is 4.08. The van der Waals surface area contributed by atoms with E-state index in [1.54, 1.807) is 19.3 Å². The number of carboxylic acids is 1. The summed E-state index contributed by atoms with van der Waals surface area (Å²) in [7, 11) is 1.57. The number of carboxylic acid groups (broad SMARTS) is 1. The topological polar surface area (TPSA) is 66.8 Å². The van der Waals surface area contributed by atoms with Gasteiger partial charge >= 0.3 is 5.97 Å². The number of ether oxygens (including phenoxy) is 1. The normalized spacial score (nSPS) is 16.6. The van der Waals surface area contributed by atoms with Gasteiger partial charge in [0.15, 0.2) is 0 Å². The van der Waals surface area contributed by atoms with Crippen LogP contribution in [0.4, 0.5) is 0 Å². The van der Waals surface area contributed by atoms with Crippen molar-refractivity contribution in [3.63, 3.8) is 0 Å². The molecule has 0 radical (unpaired) electrons. The van der Waals surface area contributed by atoms with Gasteiger partial charge in [0.25, 0.3) is 5.91 Å². The highest BCUT2D eigenvalue weighted by Gasteiger charge is 2.40. The Bertz CT molecular complexity index is 911. The van der Waals surface area contributed by atoms with E-state index in [2.05, 4.69) is 0 Å². The van der Waals surface area contributed by atoms with Crippen LogP contribution in [0.5, 0.6) is 5.75 Å². The van der Waals surface area contributed by atoms with Crippen molar-refractivity contribution in [3.8, 4) is 5.75 Å². The predicted octanol–water partition coefficient (Wildman–Crippen LogP) is 3.59. The molecule has 1 N–H and O–H groups in total. The maximum absolute atomic E-state index is 12.9. The highest BCUT2D eigenvalue weighted by molar-refractivity contribution is 8.26. The summed E-state index contributed by atoms with van der Waals surface area (Å²) < 4.78 is 5.44. The van der Waals surface area contributed by atoms with Crippen molar-refractivity contribution < 1.29 is 19.4 Å².